The summed E-state index contributed by atoms with van der Waals surface area (Å²) in [6, 6.07) is 7.32. The van der Waals surface area contributed by atoms with Crippen LogP contribution in [-0.2, 0) is 24.6 Å². The monoisotopic (exact) mass is 307 g/mol. The number of carboxylic acids is 1. The molecule has 6 nitrogen and oxygen atoms in total. The SMILES string of the molecule is CC(=O)OCCCC(C(=O)O)c1ccc(C2(N)COC2)cc1. The number of rotatable bonds is 7. The van der Waals surface area contributed by atoms with E-state index in [1.807, 2.05) is 12.1 Å². The van der Waals surface area contributed by atoms with Gasteiger partial charge in [0.2, 0.25) is 0 Å². The Hall–Kier alpha value is -1.92. The Morgan fingerprint density at radius 1 is 1.36 bits per heavy atom. The van der Waals surface area contributed by atoms with E-state index in [9.17, 15) is 14.7 Å². The Labute approximate surface area is 129 Å². The standard InChI is InChI=1S/C16H21NO5/c1-11(18)22-8-2-3-14(15(19)20)12-4-6-13(7-5-12)16(17)9-21-10-16/h4-7,14H,2-3,8-10,17H2,1H3,(H,19,20). The van der Waals surface area contributed by atoms with Gasteiger partial charge < -0.3 is 20.3 Å². The van der Waals surface area contributed by atoms with Gasteiger partial charge in [0.25, 0.3) is 0 Å². The fourth-order valence-electron chi connectivity index (χ4n) is 2.47. The highest BCUT2D eigenvalue weighted by molar-refractivity contribution is 5.76. The summed E-state index contributed by atoms with van der Waals surface area (Å²) in [5.41, 5.74) is 7.37. The van der Waals surface area contributed by atoms with Crippen LogP contribution in [0.15, 0.2) is 24.3 Å². The molecular weight excluding hydrogens is 286 g/mol. The normalized spacial score (nSPS) is 17.4. The predicted molar refractivity (Wildman–Crippen MR) is 79.4 cm³/mol. The van der Waals surface area contributed by atoms with Gasteiger partial charge in [-0.15, -0.1) is 0 Å². The summed E-state index contributed by atoms with van der Waals surface area (Å²) < 4.78 is 9.96. The van der Waals surface area contributed by atoms with Crippen molar-refractivity contribution in [1.29, 1.82) is 0 Å². The first kappa shape index (κ1) is 16.5. The number of carbonyl (C=O) groups excluding carboxylic acids is 1. The molecule has 1 unspecified atom stereocenters. The van der Waals surface area contributed by atoms with E-state index in [1.165, 1.54) is 6.92 Å². The van der Waals surface area contributed by atoms with E-state index in [1.54, 1.807) is 12.1 Å². The third kappa shape index (κ3) is 3.84. The van der Waals surface area contributed by atoms with Crippen molar-refractivity contribution < 1.29 is 24.2 Å². The van der Waals surface area contributed by atoms with Gasteiger partial charge >= 0.3 is 11.9 Å². The van der Waals surface area contributed by atoms with Crippen LogP contribution in [0.5, 0.6) is 0 Å². The number of carbonyl (C=O) groups is 2. The van der Waals surface area contributed by atoms with Crippen LogP contribution < -0.4 is 5.73 Å². The highest BCUT2D eigenvalue weighted by atomic mass is 16.5. The predicted octanol–water partition coefficient (Wildman–Crippen LogP) is 1.38. The lowest BCUT2D eigenvalue weighted by Crippen LogP contribution is -2.54. The summed E-state index contributed by atoms with van der Waals surface area (Å²) in [6.07, 6.45) is 0.922. The van der Waals surface area contributed by atoms with E-state index >= 15 is 0 Å². The molecule has 0 radical (unpaired) electrons. The van der Waals surface area contributed by atoms with E-state index in [0.29, 0.717) is 26.1 Å². The van der Waals surface area contributed by atoms with Crippen molar-refractivity contribution in [3.8, 4) is 0 Å². The maximum absolute atomic E-state index is 11.4. The molecule has 0 amide bonds. The molecule has 22 heavy (non-hydrogen) atoms. The van der Waals surface area contributed by atoms with Crippen LogP contribution in [0.3, 0.4) is 0 Å². The summed E-state index contributed by atoms with van der Waals surface area (Å²) in [5, 5.41) is 9.37. The Morgan fingerprint density at radius 3 is 2.45 bits per heavy atom. The van der Waals surface area contributed by atoms with Crippen LogP contribution in [0, 0.1) is 0 Å². The molecule has 1 aliphatic heterocycles. The number of hydrogen-bond donors (Lipinski definition) is 2. The van der Waals surface area contributed by atoms with Gasteiger partial charge in [-0.25, -0.2) is 0 Å². The first-order valence-electron chi connectivity index (χ1n) is 7.25. The molecule has 120 valence electrons. The maximum Gasteiger partial charge on any atom is 0.310 e. The Balaban J connectivity index is 1.99. The number of esters is 1. The van der Waals surface area contributed by atoms with Crippen LogP contribution in [-0.4, -0.2) is 36.9 Å². The molecule has 0 spiro atoms. The molecule has 1 aromatic rings. The smallest absolute Gasteiger partial charge is 0.310 e. The van der Waals surface area contributed by atoms with Gasteiger partial charge in [0.05, 0.1) is 31.3 Å². The van der Waals surface area contributed by atoms with Crippen molar-refractivity contribution in [1.82, 2.24) is 0 Å². The van der Waals surface area contributed by atoms with Gasteiger partial charge in [0.15, 0.2) is 0 Å². The van der Waals surface area contributed by atoms with E-state index in [2.05, 4.69) is 0 Å². The van der Waals surface area contributed by atoms with Crippen molar-refractivity contribution in [3.05, 3.63) is 35.4 Å². The van der Waals surface area contributed by atoms with Crippen LogP contribution in [0.1, 0.15) is 36.8 Å². The first-order chi connectivity index (χ1) is 10.4. The Bertz CT molecular complexity index is 536. The molecule has 0 aliphatic carbocycles. The minimum atomic E-state index is -0.884. The average molecular weight is 307 g/mol. The van der Waals surface area contributed by atoms with Gasteiger partial charge in [-0.1, -0.05) is 24.3 Å². The van der Waals surface area contributed by atoms with Crippen LogP contribution in [0.25, 0.3) is 0 Å². The van der Waals surface area contributed by atoms with Gasteiger partial charge in [0.1, 0.15) is 0 Å². The number of aliphatic carboxylic acids is 1. The second kappa shape index (κ2) is 6.89. The van der Waals surface area contributed by atoms with Crippen molar-refractivity contribution in [2.75, 3.05) is 19.8 Å². The van der Waals surface area contributed by atoms with E-state index in [-0.39, 0.29) is 12.6 Å². The fraction of sp³-hybridized carbons (Fsp3) is 0.500. The summed E-state index contributed by atoms with van der Waals surface area (Å²) in [4.78, 5) is 22.1. The van der Waals surface area contributed by atoms with Crippen molar-refractivity contribution in [3.63, 3.8) is 0 Å². The van der Waals surface area contributed by atoms with Crippen molar-refractivity contribution in [2.45, 2.75) is 31.2 Å². The fourth-order valence-corrected chi connectivity index (χ4v) is 2.47. The zero-order valence-corrected chi connectivity index (χ0v) is 12.6. The van der Waals surface area contributed by atoms with E-state index < -0.39 is 17.4 Å². The highest BCUT2D eigenvalue weighted by Gasteiger charge is 2.36. The summed E-state index contributed by atoms with van der Waals surface area (Å²) in [5.74, 6) is -1.85. The molecule has 0 saturated carbocycles. The molecule has 1 fully saturated rings. The highest BCUT2D eigenvalue weighted by Crippen LogP contribution is 2.29. The van der Waals surface area contributed by atoms with Gasteiger partial charge in [0, 0.05) is 6.92 Å². The number of hydrogen-bond acceptors (Lipinski definition) is 5. The minimum absolute atomic E-state index is 0.237. The number of benzene rings is 1. The molecule has 1 heterocycles. The Kier molecular flexibility index (Phi) is 5.15. The molecule has 1 aliphatic rings. The largest absolute Gasteiger partial charge is 0.481 e. The second-order valence-electron chi connectivity index (χ2n) is 5.64. The van der Waals surface area contributed by atoms with Crippen LogP contribution >= 0.6 is 0 Å². The van der Waals surface area contributed by atoms with E-state index in [4.69, 9.17) is 15.2 Å². The minimum Gasteiger partial charge on any atom is -0.481 e. The average Bonchev–Trinajstić information content (AvgIpc) is 2.44. The summed E-state index contributed by atoms with van der Waals surface area (Å²) in [6.45, 7) is 2.54. The van der Waals surface area contributed by atoms with Crippen LogP contribution in [0.4, 0.5) is 0 Å². The first-order valence-corrected chi connectivity index (χ1v) is 7.25. The molecule has 0 aromatic heterocycles. The lowest BCUT2D eigenvalue weighted by atomic mass is 9.86. The van der Waals surface area contributed by atoms with E-state index in [0.717, 1.165) is 11.1 Å². The van der Waals surface area contributed by atoms with Crippen LogP contribution in [0.2, 0.25) is 0 Å². The summed E-state index contributed by atoms with van der Waals surface area (Å²) >= 11 is 0. The second-order valence-corrected chi connectivity index (χ2v) is 5.64. The molecular formula is C16H21NO5. The topological polar surface area (TPSA) is 98.9 Å². The number of ether oxygens (including phenoxy) is 2. The molecule has 3 N–H and O–H groups in total. The lowest BCUT2D eigenvalue weighted by Gasteiger charge is -2.38. The van der Waals surface area contributed by atoms with Gasteiger partial charge in [-0.3, -0.25) is 9.59 Å². The molecule has 2 rings (SSSR count). The maximum atomic E-state index is 11.4. The zero-order chi connectivity index (χ0) is 16.2. The van der Waals surface area contributed by atoms with Gasteiger partial charge in [-0.2, -0.15) is 0 Å². The third-order valence-electron chi connectivity index (χ3n) is 3.85. The molecule has 6 heteroatoms. The third-order valence-corrected chi connectivity index (χ3v) is 3.85. The number of nitrogens with two attached hydrogens (primary N) is 1. The molecule has 0 bridgehead atoms. The molecule has 1 atom stereocenters. The molecule has 1 saturated heterocycles. The van der Waals surface area contributed by atoms with Crippen molar-refractivity contribution in [2.24, 2.45) is 5.73 Å². The Morgan fingerprint density at radius 2 is 2.00 bits per heavy atom. The molecule has 1 aromatic carbocycles. The van der Waals surface area contributed by atoms with Crippen molar-refractivity contribution >= 4 is 11.9 Å². The van der Waals surface area contributed by atoms with Gasteiger partial charge in [-0.05, 0) is 24.0 Å². The quantitative estimate of drug-likeness (QED) is 0.583. The lowest BCUT2D eigenvalue weighted by molar-refractivity contribution is -0.141. The number of carboxylic acid groups (broad SMARTS) is 1. The zero-order valence-electron chi connectivity index (χ0n) is 12.6. The summed E-state index contributed by atoms with van der Waals surface area (Å²) in [7, 11) is 0.